The number of carbonyl (C=O) groups excluding carboxylic acids is 1. The van der Waals surface area contributed by atoms with Gasteiger partial charge in [-0.05, 0) is 74.2 Å². The lowest BCUT2D eigenvalue weighted by Gasteiger charge is -2.23. The van der Waals surface area contributed by atoms with Gasteiger partial charge in [0.15, 0.2) is 0 Å². The van der Waals surface area contributed by atoms with Gasteiger partial charge in [0.25, 0.3) is 17.4 Å². The number of rotatable bonds is 6. The van der Waals surface area contributed by atoms with Crippen LogP contribution in [0.3, 0.4) is 0 Å². The summed E-state index contributed by atoms with van der Waals surface area (Å²) < 4.78 is 3.46. The molecule has 0 radical (unpaired) electrons. The molecule has 1 fully saturated rings. The Labute approximate surface area is 198 Å². The Kier molecular flexibility index (Phi) is 8.75. The Bertz CT molecular complexity index is 1140. The monoisotopic (exact) mass is 465 g/mol. The normalized spacial score (nSPS) is 15.2. The second-order valence-electron chi connectivity index (χ2n) is 8.36. The lowest BCUT2D eigenvalue weighted by atomic mass is 9.99. The number of nitrogens with one attached hydrogen (secondary N) is 2. The maximum Gasteiger partial charge on any atom is 0.300 e. The van der Waals surface area contributed by atoms with E-state index in [2.05, 4.69) is 15.7 Å². The predicted molar refractivity (Wildman–Crippen MR) is 129 cm³/mol. The molecule has 1 aliphatic rings. The number of carboxylic acids is 1. The second kappa shape index (κ2) is 11.9. The van der Waals surface area contributed by atoms with Crippen molar-refractivity contribution in [2.45, 2.75) is 39.8 Å². The van der Waals surface area contributed by atoms with Crippen LogP contribution in [0.15, 0.2) is 59.8 Å². The molecular weight excluding hydrogens is 434 g/mol. The highest BCUT2D eigenvalue weighted by Gasteiger charge is 2.19. The number of hydrogen-bond donors (Lipinski definition) is 3. The highest BCUT2D eigenvalue weighted by atomic mass is 16.4. The van der Waals surface area contributed by atoms with Crippen molar-refractivity contribution in [1.82, 2.24) is 25.0 Å². The van der Waals surface area contributed by atoms with Crippen molar-refractivity contribution >= 4 is 11.9 Å². The van der Waals surface area contributed by atoms with Gasteiger partial charge in [-0.15, -0.1) is 0 Å². The first-order valence-electron chi connectivity index (χ1n) is 11.3. The van der Waals surface area contributed by atoms with Gasteiger partial charge in [0.1, 0.15) is 5.56 Å². The highest BCUT2D eigenvalue weighted by Crippen LogP contribution is 2.13. The summed E-state index contributed by atoms with van der Waals surface area (Å²) >= 11 is 0. The number of aryl methyl sites for hydroxylation is 1. The molecule has 3 N–H and O–H groups in total. The van der Waals surface area contributed by atoms with Crippen LogP contribution in [-0.2, 0) is 17.9 Å². The fourth-order valence-electron chi connectivity index (χ4n) is 3.90. The summed E-state index contributed by atoms with van der Waals surface area (Å²) in [6.45, 7) is 5.84. The average Bonchev–Trinajstić information content (AvgIpc) is 3.35. The molecule has 4 rings (SSSR count). The van der Waals surface area contributed by atoms with E-state index in [-0.39, 0.29) is 17.0 Å². The van der Waals surface area contributed by atoms with E-state index in [4.69, 9.17) is 9.90 Å². The molecule has 1 amide bonds. The SMILES string of the molecule is CC(=O)O.Cc1ccn(CC2CCCNC2)c(=O)c1C(=O)NCc1ccc(-n2cccn2)cc1. The Balaban J connectivity index is 0.000000751. The van der Waals surface area contributed by atoms with Crippen LogP contribution in [0.4, 0.5) is 0 Å². The molecule has 34 heavy (non-hydrogen) atoms. The van der Waals surface area contributed by atoms with Crippen LogP contribution in [0.25, 0.3) is 5.69 Å². The van der Waals surface area contributed by atoms with Crippen molar-refractivity contribution in [3.63, 3.8) is 0 Å². The van der Waals surface area contributed by atoms with E-state index >= 15 is 0 Å². The lowest BCUT2D eigenvalue weighted by molar-refractivity contribution is -0.134. The van der Waals surface area contributed by atoms with E-state index in [1.165, 1.54) is 0 Å². The number of amides is 1. The Morgan fingerprint density at radius 3 is 2.56 bits per heavy atom. The summed E-state index contributed by atoms with van der Waals surface area (Å²) in [6, 6.07) is 11.5. The summed E-state index contributed by atoms with van der Waals surface area (Å²) in [5.41, 5.74) is 2.63. The van der Waals surface area contributed by atoms with Crippen LogP contribution in [0.1, 0.15) is 41.3 Å². The second-order valence-corrected chi connectivity index (χ2v) is 8.36. The van der Waals surface area contributed by atoms with Gasteiger partial charge in [0, 0.05) is 38.6 Å². The third-order valence-corrected chi connectivity index (χ3v) is 5.61. The topological polar surface area (TPSA) is 118 Å². The molecule has 3 aromatic rings. The predicted octanol–water partition coefficient (Wildman–Crippen LogP) is 2.36. The van der Waals surface area contributed by atoms with Gasteiger partial charge in [-0.2, -0.15) is 5.10 Å². The Morgan fingerprint density at radius 2 is 1.94 bits per heavy atom. The lowest BCUT2D eigenvalue weighted by Crippen LogP contribution is -2.37. The molecule has 9 nitrogen and oxygen atoms in total. The van der Waals surface area contributed by atoms with E-state index in [0.717, 1.165) is 44.1 Å². The Hall–Kier alpha value is -3.72. The van der Waals surface area contributed by atoms with Gasteiger partial charge in [-0.25, -0.2) is 4.68 Å². The summed E-state index contributed by atoms with van der Waals surface area (Å²) in [6.07, 6.45) is 7.63. The molecule has 0 saturated carbocycles. The van der Waals surface area contributed by atoms with E-state index in [1.54, 1.807) is 21.6 Å². The molecule has 1 unspecified atom stereocenters. The average molecular weight is 466 g/mol. The van der Waals surface area contributed by atoms with E-state index in [9.17, 15) is 9.59 Å². The van der Waals surface area contributed by atoms with Crippen molar-refractivity contribution in [3.8, 4) is 5.69 Å². The number of carbonyl (C=O) groups is 2. The van der Waals surface area contributed by atoms with Gasteiger partial charge < -0.3 is 20.3 Å². The van der Waals surface area contributed by atoms with Crippen molar-refractivity contribution in [1.29, 1.82) is 0 Å². The summed E-state index contributed by atoms with van der Waals surface area (Å²) in [4.78, 5) is 34.8. The number of carboxylic acid groups (broad SMARTS) is 1. The smallest absolute Gasteiger partial charge is 0.300 e. The van der Waals surface area contributed by atoms with Crippen LogP contribution >= 0.6 is 0 Å². The minimum absolute atomic E-state index is 0.216. The van der Waals surface area contributed by atoms with Crippen molar-refractivity contribution in [3.05, 3.63) is 82.0 Å². The van der Waals surface area contributed by atoms with Gasteiger partial charge in [-0.3, -0.25) is 14.4 Å². The first-order chi connectivity index (χ1) is 16.3. The van der Waals surface area contributed by atoms with Crippen molar-refractivity contribution < 1.29 is 14.7 Å². The first-order valence-corrected chi connectivity index (χ1v) is 11.3. The molecule has 1 atom stereocenters. The van der Waals surface area contributed by atoms with Crippen LogP contribution < -0.4 is 16.2 Å². The minimum Gasteiger partial charge on any atom is -0.481 e. The van der Waals surface area contributed by atoms with Crippen LogP contribution in [-0.4, -0.2) is 44.4 Å². The quantitative estimate of drug-likeness (QED) is 0.514. The largest absolute Gasteiger partial charge is 0.481 e. The van der Waals surface area contributed by atoms with Crippen molar-refractivity contribution in [2.24, 2.45) is 5.92 Å². The number of nitrogens with zero attached hydrogens (tertiary/aromatic N) is 3. The number of hydrogen-bond acceptors (Lipinski definition) is 5. The summed E-state index contributed by atoms with van der Waals surface area (Å²) in [5, 5.41) is 17.9. The molecule has 0 aliphatic carbocycles. The fraction of sp³-hybridized carbons (Fsp3) is 0.360. The highest BCUT2D eigenvalue weighted by molar-refractivity contribution is 5.95. The van der Waals surface area contributed by atoms with E-state index in [1.807, 2.05) is 49.5 Å². The van der Waals surface area contributed by atoms with Crippen LogP contribution in [0.2, 0.25) is 0 Å². The number of piperidine rings is 1. The molecule has 0 spiro atoms. The maximum absolute atomic E-state index is 13.0. The number of aromatic nitrogens is 3. The third-order valence-electron chi connectivity index (χ3n) is 5.61. The molecule has 180 valence electrons. The summed E-state index contributed by atoms with van der Waals surface area (Å²) in [7, 11) is 0. The van der Waals surface area contributed by atoms with Crippen LogP contribution in [0.5, 0.6) is 0 Å². The van der Waals surface area contributed by atoms with Gasteiger partial charge in [0.05, 0.1) is 5.69 Å². The zero-order chi connectivity index (χ0) is 24.5. The number of pyridine rings is 1. The van der Waals surface area contributed by atoms with Gasteiger partial charge in [-0.1, -0.05) is 12.1 Å². The fourth-order valence-corrected chi connectivity index (χ4v) is 3.90. The Morgan fingerprint density at radius 1 is 1.21 bits per heavy atom. The zero-order valence-corrected chi connectivity index (χ0v) is 19.5. The minimum atomic E-state index is -0.833. The molecule has 3 heterocycles. The van der Waals surface area contributed by atoms with E-state index in [0.29, 0.717) is 24.6 Å². The molecular formula is C25H31N5O4. The number of benzene rings is 1. The zero-order valence-electron chi connectivity index (χ0n) is 19.5. The third kappa shape index (κ3) is 6.89. The van der Waals surface area contributed by atoms with Crippen molar-refractivity contribution in [2.75, 3.05) is 13.1 Å². The van der Waals surface area contributed by atoms with E-state index < -0.39 is 5.97 Å². The van der Waals surface area contributed by atoms with Gasteiger partial charge >= 0.3 is 0 Å². The van der Waals surface area contributed by atoms with Crippen LogP contribution in [0, 0.1) is 12.8 Å². The molecule has 1 saturated heterocycles. The maximum atomic E-state index is 13.0. The molecule has 1 aliphatic heterocycles. The molecule has 9 heteroatoms. The molecule has 2 aromatic heterocycles. The standard InChI is InChI=1S/C23H27N5O2.C2H4O2/c1-17-9-13-27(16-19-4-2-10-24-14-19)23(30)21(17)22(29)25-15-18-5-7-20(8-6-18)28-12-3-11-26-28;1-2(3)4/h3,5-9,11-13,19,24H,2,4,10,14-16H2,1H3,(H,25,29);1H3,(H,3,4). The number of aliphatic carboxylic acids is 1. The summed E-state index contributed by atoms with van der Waals surface area (Å²) in [5.74, 6) is -0.742. The van der Waals surface area contributed by atoms with Gasteiger partial charge in [0.2, 0.25) is 0 Å². The first kappa shape index (κ1) is 24.9. The molecule has 0 bridgehead atoms. The molecule has 1 aromatic carbocycles.